The highest BCUT2D eigenvalue weighted by Gasteiger charge is 2.18. The molecule has 1 unspecified atom stereocenters. The van der Waals surface area contributed by atoms with E-state index in [9.17, 15) is 4.79 Å². The predicted molar refractivity (Wildman–Crippen MR) is 113 cm³/mol. The molecule has 0 radical (unpaired) electrons. The first-order chi connectivity index (χ1) is 11.1. The molecule has 0 saturated carbocycles. The van der Waals surface area contributed by atoms with Gasteiger partial charge in [-0.3, -0.25) is 9.79 Å². The average molecular weight is 509 g/mol. The Morgan fingerprint density at radius 2 is 2.12 bits per heavy atom. The summed E-state index contributed by atoms with van der Waals surface area (Å²) in [5.74, 6) is 1.57. The van der Waals surface area contributed by atoms with E-state index in [1.165, 1.54) is 12.8 Å². The zero-order valence-corrected chi connectivity index (χ0v) is 18.1. The molecule has 1 fully saturated rings. The van der Waals surface area contributed by atoms with E-state index < -0.39 is 0 Å². The number of amides is 1. The Morgan fingerprint density at radius 1 is 1.38 bits per heavy atom. The molecule has 2 N–H and O–H groups in total. The van der Waals surface area contributed by atoms with Crippen molar-refractivity contribution in [2.24, 2.45) is 10.9 Å². The zero-order valence-electron chi connectivity index (χ0n) is 14.2. The predicted octanol–water partition coefficient (Wildman–Crippen LogP) is 3.10. The Morgan fingerprint density at radius 3 is 2.79 bits per heavy atom. The van der Waals surface area contributed by atoms with E-state index in [-0.39, 0.29) is 29.9 Å². The van der Waals surface area contributed by atoms with Crippen molar-refractivity contribution in [2.75, 3.05) is 33.2 Å². The number of hydrogen-bond acceptors (Lipinski definition) is 2. The lowest BCUT2D eigenvalue weighted by Crippen LogP contribution is -2.47. The third-order valence-electron chi connectivity index (χ3n) is 3.95. The minimum atomic E-state index is -0.0605. The van der Waals surface area contributed by atoms with Crippen molar-refractivity contribution in [3.63, 3.8) is 0 Å². The van der Waals surface area contributed by atoms with Crippen LogP contribution in [0.2, 0.25) is 0 Å². The highest BCUT2D eigenvalue weighted by molar-refractivity contribution is 14.0. The molecular formula is C17H26BrIN4O. The molecule has 1 atom stereocenters. The van der Waals surface area contributed by atoms with E-state index in [0.717, 1.165) is 23.5 Å². The van der Waals surface area contributed by atoms with Crippen molar-refractivity contribution in [3.05, 3.63) is 34.3 Å². The first-order valence-corrected chi connectivity index (χ1v) is 8.89. The third-order valence-corrected chi connectivity index (χ3v) is 4.44. The molecule has 7 heteroatoms. The van der Waals surface area contributed by atoms with Crippen molar-refractivity contribution in [1.29, 1.82) is 0 Å². The number of guanidine groups is 1. The third kappa shape index (κ3) is 6.58. The first-order valence-electron chi connectivity index (χ1n) is 8.09. The lowest BCUT2D eigenvalue weighted by atomic mass is 10.0. The number of rotatable bonds is 4. The van der Waals surface area contributed by atoms with Gasteiger partial charge in [0.1, 0.15) is 0 Å². The van der Waals surface area contributed by atoms with Crippen LogP contribution < -0.4 is 10.6 Å². The second-order valence-electron chi connectivity index (χ2n) is 5.93. The Hall–Kier alpha value is -0.830. The number of carbonyl (C=O) groups is 1. The smallest absolute Gasteiger partial charge is 0.251 e. The SMILES string of the molecule is CN=C(NCCNC(=O)c1cccc(Br)c1)N1CCCC(C)C1.I. The van der Waals surface area contributed by atoms with Crippen molar-refractivity contribution in [3.8, 4) is 0 Å². The number of nitrogens with one attached hydrogen (secondary N) is 2. The summed E-state index contributed by atoms with van der Waals surface area (Å²) in [5.41, 5.74) is 0.661. The molecule has 0 aliphatic carbocycles. The number of piperidine rings is 1. The number of benzene rings is 1. The van der Waals surface area contributed by atoms with Crippen LogP contribution >= 0.6 is 39.9 Å². The van der Waals surface area contributed by atoms with Crippen molar-refractivity contribution in [2.45, 2.75) is 19.8 Å². The molecule has 0 aromatic heterocycles. The van der Waals surface area contributed by atoms with Gasteiger partial charge in [-0.05, 0) is 37.0 Å². The summed E-state index contributed by atoms with van der Waals surface area (Å²) in [5, 5.41) is 6.25. The van der Waals surface area contributed by atoms with Gasteiger partial charge in [-0.2, -0.15) is 0 Å². The van der Waals surface area contributed by atoms with Crippen LogP contribution in [-0.2, 0) is 0 Å². The standard InChI is InChI=1S/C17H25BrN4O.HI/c1-13-5-4-10-22(12-13)17(19-2)21-9-8-20-16(23)14-6-3-7-15(18)11-14;/h3,6-7,11,13H,4-5,8-10,12H2,1-2H3,(H,19,21)(H,20,23);1H. The molecule has 1 heterocycles. The maximum atomic E-state index is 12.1. The van der Waals surface area contributed by atoms with Gasteiger partial charge in [0.2, 0.25) is 0 Å². The Kier molecular flexibility index (Phi) is 9.65. The van der Waals surface area contributed by atoms with Gasteiger partial charge < -0.3 is 15.5 Å². The van der Waals surface area contributed by atoms with Gasteiger partial charge in [-0.25, -0.2) is 0 Å². The van der Waals surface area contributed by atoms with Gasteiger partial charge in [-0.1, -0.05) is 28.9 Å². The zero-order chi connectivity index (χ0) is 16.7. The van der Waals surface area contributed by atoms with Crippen molar-refractivity contribution in [1.82, 2.24) is 15.5 Å². The second kappa shape index (κ2) is 10.9. The van der Waals surface area contributed by atoms with Crippen LogP contribution in [0.15, 0.2) is 33.7 Å². The fraction of sp³-hybridized carbons (Fsp3) is 0.529. The van der Waals surface area contributed by atoms with E-state index in [1.807, 2.05) is 31.3 Å². The van der Waals surface area contributed by atoms with Crippen LogP contribution in [0.3, 0.4) is 0 Å². The summed E-state index contributed by atoms with van der Waals surface area (Å²) in [4.78, 5) is 18.7. The number of nitrogens with zero attached hydrogens (tertiary/aromatic N) is 2. The van der Waals surface area contributed by atoms with Crippen LogP contribution in [0, 0.1) is 5.92 Å². The first kappa shape index (κ1) is 21.2. The fourth-order valence-corrected chi connectivity index (χ4v) is 3.20. The lowest BCUT2D eigenvalue weighted by Gasteiger charge is -2.33. The van der Waals surface area contributed by atoms with E-state index in [4.69, 9.17) is 0 Å². The van der Waals surface area contributed by atoms with Crippen LogP contribution in [0.4, 0.5) is 0 Å². The summed E-state index contributed by atoms with van der Waals surface area (Å²) in [6.07, 6.45) is 2.50. The lowest BCUT2D eigenvalue weighted by molar-refractivity contribution is 0.0954. The molecule has 1 aromatic carbocycles. The van der Waals surface area contributed by atoms with Gasteiger partial charge in [0.25, 0.3) is 5.91 Å². The van der Waals surface area contributed by atoms with Crippen LogP contribution in [0.5, 0.6) is 0 Å². The molecule has 24 heavy (non-hydrogen) atoms. The maximum absolute atomic E-state index is 12.1. The maximum Gasteiger partial charge on any atom is 0.251 e. The molecule has 134 valence electrons. The number of likely N-dealkylation sites (tertiary alicyclic amines) is 1. The number of carbonyl (C=O) groups excluding carboxylic acids is 1. The van der Waals surface area contributed by atoms with Gasteiger partial charge in [0.05, 0.1) is 0 Å². The molecule has 1 aliphatic rings. The molecule has 1 aliphatic heterocycles. The highest BCUT2D eigenvalue weighted by Crippen LogP contribution is 2.15. The van der Waals surface area contributed by atoms with E-state index in [1.54, 1.807) is 0 Å². The van der Waals surface area contributed by atoms with Crippen molar-refractivity contribution < 1.29 is 4.79 Å². The Labute approximate surface area is 169 Å². The van der Waals surface area contributed by atoms with Gasteiger partial charge >= 0.3 is 0 Å². The molecule has 0 bridgehead atoms. The summed E-state index contributed by atoms with van der Waals surface area (Å²) in [6.45, 7) is 5.60. The Bertz CT molecular complexity index is 567. The Balaban J connectivity index is 0.00000288. The van der Waals surface area contributed by atoms with Crippen molar-refractivity contribution >= 4 is 51.8 Å². The van der Waals surface area contributed by atoms with Gasteiger partial charge in [0.15, 0.2) is 5.96 Å². The second-order valence-corrected chi connectivity index (χ2v) is 6.85. The highest BCUT2D eigenvalue weighted by atomic mass is 127. The fourth-order valence-electron chi connectivity index (χ4n) is 2.80. The molecule has 0 spiro atoms. The molecule has 1 amide bonds. The molecule has 5 nitrogen and oxygen atoms in total. The molecule has 1 saturated heterocycles. The monoisotopic (exact) mass is 508 g/mol. The van der Waals surface area contributed by atoms with E-state index >= 15 is 0 Å². The number of hydrogen-bond donors (Lipinski definition) is 2. The topological polar surface area (TPSA) is 56.7 Å². The van der Waals surface area contributed by atoms with Gasteiger partial charge in [0, 0.05) is 43.3 Å². The molecular weight excluding hydrogens is 483 g/mol. The summed E-state index contributed by atoms with van der Waals surface area (Å²) in [7, 11) is 1.81. The average Bonchev–Trinajstić information content (AvgIpc) is 2.54. The quantitative estimate of drug-likeness (QED) is 0.284. The minimum Gasteiger partial charge on any atom is -0.354 e. The largest absolute Gasteiger partial charge is 0.354 e. The summed E-state index contributed by atoms with van der Waals surface area (Å²) in [6, 6.07) is 7.39. The van der Waals surface area contributed by atoms with E-state index in [0.29, 0.717) is 24.6 Å². The number of halogens is 2. The molecule has 2 rings (SSSR count). The number of aliphatic imine (C=N–C) groups is 1. The van der Waals surface area contributed by atoms with Gasteiger partial charge in [-0.15, -0.1) is 24.0 Å². The van der Waals surface area contributed by atoms with E-state index in [2.05, 4.69) is 43.4 Å². The van der Waals surface area contributed by atoms with Crippen LogP contribution in [0.25, 0.3) is 0 Å². The molecule has 1 aromatic rings. The normalized spacial score (nSPS) is 17.9. The summed E-state index contributed by atoms with van der Waals surface area (Å²) >= 11 is 3.38. The van der Waals surface area contributed by atoms with Crippen LogP contribution in [0.1, 0.15) is 30.1 Å². The minimum absolute atomic E-state index is 0. The summed E-state index contributed by atoms with van der Waals surface area (Å²) < 4.78 is 0.905. The van der Waals surface area contributed by atoms with Crippen LogP contribution in [-0.4, -0.2) is 50.0 Å².